The van der Waals surface area contributed by atoms with Crippen LogP contribution in [0, 0.1) is 0 Å². The maximum atomic E-state index is 12.1. The fourth-order valence-corrected chi connectivity index (χ4v) is 4.78. The van der Waals surface area contributed by atoms with E-state index in [1.807, 2.05) is 11.8 Å². The van der Waals surface area contributed by atoms with Crippen LogP contribution in [-0.2, 0) is 14.8 Å². The Balaban J connectivity index is 1.75. The first-order valence-electron chi connectivity index (χ1n) is 7.99. The summed E-state index contributed by atoms with van der Waals surface area (Å²) in [5.74, 6) is 1.23. The number of hydrogen-bond acceptors (Lipinski definition) is 4. The largest absolute Gasteiger partial charge is 0.379 e. The molecule has 1 fully saturated rings. The maximum Gasteiger partial charge on any atom is 0.214 e. The first-order chi connectivity index (χ1) is 11.0. The van der Waals surface area contributed by atoms with Crippen LogP contribution >= 0.6 is 11.8 Å². The van der Waals surface area contributed by atoms with Crippen molar-refractivity contribution in [2.24, 2.45) is 0 Å². The molecular formula is C17H23NO3S2. The molecular weight excluding hydrogens is 330 g/mol. The molecule has 0 amide bonds. The molecule has 2 heterocycles. The van der Waals surface area contributed by atoms with E-state index < -0.39 is 15.3 Å². The van der Waals surface area contributed by atoms with E-state index in [9.17, 15) is 8.42 Å². The first-order valence-corrected chi connectivity index (χ1v) is 10.5. The van der Waals surface area contributed by atoms with Gasteiger partial charge in [0, 0.05) is 16.6 Å². The zero-order chi connectivity index (χ0) is 16.4. The van der Waals surface area contributed by atoms with E-state index in [0.717, 1.165) is 17.7 Å². The monoisotopic (exact) mass is 353 g/mol. The number of allylic oxidation sites excluding steroid dienone is 1. The van der Waals surface area contributed by atoms with Crippen molar-refractivity contribution in [2.75, 3.05) is 19.0 Å². The highest BCUT2D eigenvalue weighted by Gasteiger charge is 2.33. The van der Waals surface area contributed by atoms with Crippen molar-refractivity contribution in [3.8, 4) is 0 Å². The number of rotatable bonds is 5. The van der Waals surface area contributed by atoms with E-state index in [0.29, 0.717) is 13.2 Å². The molecule has 0 bridgehead atoms. The Morgan fingerprint density at radius 1 is 1.22 bits per heavy atom. The molecule has 1 aromatic carbocycles. The van der Waals surface area contributed by atoms with Crippen LogP contribution in [0.3, 0.4) is 0 Å². The van der Waals surface area contributed by atoms with Gasteiger partial charge < -0.3 is 4.74 Å². The third kappa shape index (κ3) is 3.82. The van der Waals surface area contributed by atoms with Crippen LogP contribution in [-0.4, -0.2) is 38.7 Å². The minimum absolute atomic E-state index is 0.0720. The van der Waals surface area contributed by atoms with E-state index in [4.69, 9.17) is 4.74 Å². The van der Waals surface area contributed by atoms with Crippen molar-refractivity contribution in [3.05, 3.63) is 41.5 Å². The lowest BCUT2D eigenvalue weighted by Gasteiger charge is -2.21. The smallest absolute Gasteiger partial charge is 0.214 e. The zero-order valence-electron chi connectivity index (χ0n) is 13.5. The number of hydrogen-bond donors (Lipinski definition) is 1. The number of sulfonamides is 1. The van der Waals surface area contributed by atoms with Crippen LogP contribution in [0.4, 0.5) is 0 Å². The number of ether oxygens (including phenoxy) is 1. The minimum atomic E-state index is -3.29. The van der Waals surface area contributed by atoms with Gasteiger partial charge in [0.2, 0.25) is 10.0 Å². The van der Waals surface area contributed by atoms with Gasteiger partial charge in [-0.25, -0.2) is 13.1 Å². The second-order valence-corrected chi connectivity index (χ2v) is 9.69. The van der Waals surface area contributed by atoms with E-state index in [2.05, 4.69) is 35.1 Å². The highest BCUT2D eigenvalue weighted by molar-refractivity contribution is 8.08. The van der Waals surface area contributed by atoms with Gasteiger partial charge in [-0.3, -0.25) is 0 Å². The molecule has 0 spiro atoms. The minimum Gasteiger partial charge on any atom is -0.379 e. The highest BCUT2D eigenvalue weighted by atomic mass is 32.2. The van der Waals surface area contributed by atoms with Crippen molar-refractivity contribution >= 4 is 26.7 Å². The van der Waals surface area contributed by atoms with E-state index >= 15 is 0 Å². The standard InChI is InChI=1S/C17H23NO3S2/c1-12(2)23(19,20)18-16-11-21-10-15(16)13-5-7-14(8-6-13)17-4-3-9-22-17/h4-8,12,15-16,18H,3,9-11H2,1-2H3/t15-,16-/m1/s1. The maximum absolute atomic E-state index is 12.1. The fraction of sp³-hybridized carbons (Fsp3) is 0.529. The lowest BCUT2D eigenvalue weighted by atomic mass is 9.94. The Labute approximate surface area is 142 Å². The number of benzene rings is 1. The normalized spacial score (nSPS) is 25.1. The summed E-state index contributed by atoms with van der Waals surface area (Å²) in [6.45, 7) is 4.37. The van der Waals surface area contributed by atoms with Crippen LogP contribution in [0.1, 0.15) is 37.3 Å². The molecule has 0 unspecified atom stereocenters. The second-order valence-electron chi connectivity index (χ2n) is 6.29. The summed E-state index contributed by atoms with van der Waals surface area (Å²) in [7, 11) is -3.29. The second kappa shape index (κ2) is 6.97. The van der Waals surface area contributed by atoms with Gasteiger partial charge in [-0.1, -0.05) is 30.3 Å². The van der Waals surface area contributed by atoms with Crippen molar-refractivity contribution in [1.82, 2.24) is 4.72 Å². The van der Waals surface area contributed by atoms with Gasteiger partial charge in [0.05, 0.1) is 24.5 Å². The molecule has 0 saturated carbocycles. The Hall–Kier alpha value is -0.820. The molecule has 3 rings (SSSR count). The number of nitrogens with one attached hydrogen (secondary N) is 1. The average Bonchev–Trinajstić information content (AvgIpc) is 3.18. The van der Waals surface area contributed by atoms with Gasteiger partial charge in [0.15, 0.2) is 0 Å². The van der Waals surface area contributed by atoms with Crippen LogP contribution in [0.25, 0.3) is 4.91 Å². The third-order valence-corrected chi connectivity index (χ3v) is 7.37. The summed E-state index contributed by atoms with van der Waals surface area (Å²) in [5, 5.41) is -0.433. The summed E-state index contributed by atoms with van der Waals surface area (Å²) in [6.07, 6.45) is 3.41. The van der Waals surface area contributed by atoms with Crippen LogP contribution < -0.4 is 4.72 Å². The summed E-state index contributed by atoms with van der Waals surface area (Å²) in [5.41, 5.74) is 2.38. The molecule has 2 aliphatic heterocycles. The molecule has 0 aliphatic carbocycles. The molecule has 4 nitrogen and oxygen atoms in total. The number of thioether (sulfide) groups is 1. The van der Waals surface area contributed by atoms with Crippen molar-refractivity contribution in [1.29, 1.82) is 0 Å². The molecule has 6 heteroatoms. The van der Waals surface area contributed by atoms with E-state index in [1.54, 1.807) is 13.8 Å². The zero-order valence-corrected chi connectivity index (χ0v) is 15.1. The van der Waals surface area contributed by atoms with Gasteiger partial charge in [-0.15, -0.1) is 11.8 Å². The molecule has 0 aromatic heterocycles. The summed E-state index contributed by atoms with van der Waals surface area (Å²) in [6, 6.07) is 8.28. The highest BCUT2D eigenvalue weighted by Crippen LogP contribution is 2.35. The Bertz CT molecular complexity index is 680. The Morgan fingerprint density at radius 3 is 2.57 bits per heavy atom. The molecule has 1 aromatic rings. The van der Waals surface area contributed by atoms with Crippen LogP contribution in [0.2, 0.25) is 0 Å². The Morgan fingerprint density at radius 2 is 1.96 bits per heavy atom. The third-order valence-electron chi connectivity index (χ3n) is 4.35. The first kappa shape index (κ1) is 17.0. The molecule has 0 radical (unpaired) electrons. The quantitative estimate of drug-likeness (QED) is 0.884. The van der Waals surface area contributed by atoms with E-state index in [1.165, 1.54) is 10.5 Å². The van der Waals surface area contributed by atoms with Gasteiger partial charge in [0.25, 0.3) is 0 Å². The van der Waals surface area contributed by atoms with Crippen molar-refractivity contribution in [3.63, 3.8) is 0 Å². The summed E-state index contributed by atoms with van der Waals surface area (Å²) in [4.78, 5) is 1.34. The van der Waals surface area contributed by atoms with Gasteiger partial charge in [-0.05, 0) is 31.4 Å². The molecule has 1 saturated heterocycles. The predicted molar refractivity (Wildman–Crippen MR) is 96.0 cm³/mol. The van der Waals surface area contributed by atoms with Gasteiger partial charge in [-0.2, -0.15) is 0 Å². The van der Waals surface area contributed by atoms with E-state index in [-0.39, 0.29) is 12.0 Å². The Kier molecular flexibility index (Phi) is 5.16. The predicted octanol–water partition coefficient (Wildman–Crippen LogP) is 2.97. The van der Waals surface area contributed by atoms with Crippen molar-refractivity contribution in [2.45, 2.75) is 37.5 Å². The molecule has 126 valence electrons. The molecule has 2 aliphatic rings. The fourth-order valence-electron chi connectivity index (χ4n) is 2.86. The summed E-state index contributed by atoms with van der Waals surface area (Å²) >= 11 is 1.89. The molecule has 2 atom stereocenters. The lowest BCUT2D eigenvalue weighted by molar-refractivity contribution is 0.189. The molecule has 1 N–H and O–H groups in total. The lowest BCUT2D eigenvalue weighted by Crippen LogP contribution is -2.42. The van der Waals surface area contributed by atoms with Crippen LogP contribution in [0.15, 0.2) is 30.3 Å². The SMILES string of the molecule is CC(C)S(=O)(=O)N[C@@H]1COC[C@@H]1c1ccc(C2=CCCS2)cc1. The van der Waals surface area contributed by atoms with Crippen LogP contribution in [0.5, 0.6) is 0 Å². The average molecular weight is 354 g/mol. The van der Waals surface area contributed by atoms with Gasteiger partial charge >= 0.3 is 0 Å². The molecule has 23 heavy (non-hydrogen) atoms. The van der Waals surface area contributed by atoms with Gasteiger partial charge in [0.1, 0.15) is 0 Å². The summed E-state index contributed by atoms with van der Waals surface area (Å²) < 4.78 is 32.6. The topological polar surface area (TPSA) is 55.4 Å². The van der Waals surface area contributed by atoms with Crippen molar-refractivity contribution < 1.29 is 13.2 Å².